The smallest absolute Gasteiger partial charge is 0.282 e. The Morgan fingerprint density at radius 2 is 2.08 bits per heavy atom. The lowest BCUT2D eigenvalue weighted by atomic mass is 10.1. The fourth-order valence-electron chi connectivity index (χ4n) is 3.57. The van der Waals surface area contributed by atoms with Crippen molar-refractivity contribution in [2.24, 2.45) is 0 Å². The van der Waals surface area contributed by atoms with Gasteiger partial charge in [-0.1, -0.05) is 0 Å². The summed E-state index contributed by atoms with van der Waals surface area (Å²) in [5.74, 6) is -0.246. The molecule has 7 nitrogen and oxygen atoms in total. The highest BCUT2D eigenvalue weighted by molar-refractivity contribution is 5.99. The molecule has 0 bridgehead atoms. The number of anilines is 1. The largest absolute Gasteiger partial charge is 0.382 e. The highest BCUT2D eigenvalue weighted by atomic mass is 16.6. The summed E-state index contributed by atoms with van der Waals surface area (Å²) in [5, 5.41) is 14.7. The van der Waals surface area contributed by atoms with Gasteiger partial charge in [0.05, 0.1) is 11.0 Å². The van der Waals surface area contributed by atoms with E-state index in [0.29, 0.717) is 13.1 Å². The number of amides is 1. The molecule has 2 aliphatic rings. The third-order valence-electron chi connectivity index (χ3n) is 4.91. The van der Waals surface area contributed by atoms with Crippen LogP contribution >= 0.6 is 0 Å². The summed E-state index contributed by atoms with van der Waals surface area (Å²) in [4.78, 5) is 25.1. The number of hydrogen-bond acceptors (Lipinski definition) is 5. The Hall–Kier alpha value is -2.15. The molecule has 1 N–H and O–H groups in total. The topological polar surface area (TPSA) is 84.7 Å². The number of ether oxygens (including phenoxy) is 1. The molecule has 1 saturated carbocycles. The van der Waals surface area contributed by atoms with Gasteiger partial charge in [-0.05, 0) is 44.2 Å². The first-order valence-corrected chi connectivity index (χ1v) is 8.45. The van der Waals surface area contributed by atoms with Crippen LogP contribution in [0.2, 0.25) is 0 Å². The highest BCUT2D eigenvalue weighted by Gasteiger charge is 2.28. The minimum absolute atomic E-state index is 0.126. The number of likely N-dealkylation sites (tertiary alicyclic amines) is 1. The van der Waals surface area contributed by atoms with E-state index < -0.39 is 4.92 Å². The predicted molar refractivity (Wildman–Crippen MR) is 90.3 cm³/mol. The van der Waals surface area contributed by atoms with E-state index in [1.807, 2.05) is 0 Å². The van der Waals surface area contributed by atoms with Crippen LogP contribution in [0.4, 0.5) is 11.4 Å². The summed E-state index contributed by atoms with van der Waals surface area (Å²) < 4.78 is 5.37. The second kappa shape index (κ2) is 7.17. The number of carbonyl (C=O) groups excluding carboxylic acids is 1. The Labute approximate surface area is 141 Å². The average molecular weight is 333 g/mol. The van der Waals surface area contributed by atoms with Gasteiger partial charge in [0.1, 0.15) is 5.56 Å². The Kier molecular flexibility index (Phi) is 4.99. The summed E-state index contributed by atoms with van der Waals surface area (Å²) in [6.45, 7) is 1.34. The van der Waals surface area contributed by atoms with E-state index >= 15 is 0 Å². The first kappa shape index (κ1) is 16.7. The van der Waals surface area contributed by atoms with Gasteiger partial charge < -0.3 is 15.0 Å². The van der Waals surface area contributed by atoms with Crippen molar-refractivity contribution in [1.29, 1.82) is 0 Å². The molecule has 1 aromatic carbocycles. The maximum absolute atomic E-state index is 12.6. The monoisotopic (exact) mass is 333 g/mol. The second-order valence-corrected chi connectivity index (χ2v) is 6.50. The number of nitro benzene ring substituents is 1. The van der Waals surface area contributed by atoms with Crippen molar-refractivity contribution >= 4 is 17.3 Å². The summed E-state index contributed by atoms with van der Waals surface area (Å²) in [6.07, 6.45) is 5.07. The molecule has 1 saturated heterocycles. The van der Waals surface area contributed by atoms with Gasteiger partial charge in [-0.15, -0.1) is 0 Å². The van der Waals surface area contributed by atoms with Crippen LogP contribution in [0.25, 0.3) is 0 Å². The van der Waals surface area contributed by atoms with Gasteiger partial charge in [-0.3, -0.25) is 14.9 Å². The van der Waals surface area contributed by atoms with Crippen molar-refractivity contribution in [2.45, 2.75) is 44.2 Å². The maximum atomic E-state index is 12.6. The molecule has 1 heterocycles. The van der Waals surface area contributed by atoms with E-state index in [-0.39, 0.29) is 29.3 Å². The normalized spacial score (nSPS) is 23.5. The van der Waals surface area contributed by atoms with E-state index in [0.717, 1.165) is 37.8 Å². The van der Waals surface area contributed by atoms with Crippen LogP contribution < -0.4 is 5.32 Å². The summed E-state index contributed by atoms with van der Waals surface area (Å²) in [5.41, 5.74) is 0.803. The average Bonchev–Trinajstić information content (AvgIpc) is 3.25. The van der Waals surface area contributed by atoms with Crippen molar-refractivity contribution in [1.82, 2.24) is 4.90 Å². The number of rotatable bonds is 5. The number of carbonyl (C=O) groups is 1. The zero-order chi connectivity index (χ0) is 17.1. The summed E-state index contributed by atoms with van der Waals surface area (Å²) in [7, 11) is 1.71. The third kappa shape index (κ3) is 3.51. The lowest BCUT2D eigenvalue weighted by Gasteiger charge is -2.18. The standard InChI is InChI=1S/C17H23N3O4/c1-24-14-6-4-12(10-14)18-13-5-7-16(20(22)23)15(11-13)17(21)19-8-2-3-9-19/h5,7,11-12,14,18H,2-4,6,8-10H2,1H3. The minimum Gasteiger partial charge on any atom is -0.382 e. The van der Waals surface area contributed by atoms with Crippen molar-refractivity contribution in [3.05, 3.63) is 33.9 Å². The van der Waals surface area contributed by atoms with E-state index in [9.17, 15) is 14.9 Å². The molecule has 0 spiro atoms. The van der Waals surface area contributed by atoms with Crippen LogP contribution in [0, 0.1) is 10.1 Å². The fourth-order valence-corrected chi connectivity index (χ4v) is 3.57. The van der Waals surface area contributed by atoms with E-state index in [2.05, 4.69) is 5.32 Å². The zero-order valence-corrected chi connectivity index (χ0v) is 13.9. The highest BCUT2D eigenvalue weighted by Crippen LogP contribution is 2.29. The van der Waals surface area contributed by atoms with Gasteiger partial charge in [0.25, 0.3) is 11.6 Å². The minimum atomic E-state index is -0.483. The molecule has 3 rings (SSSR count). The molecule has 24 heavy (non-hydrogen) atoms. The fraction of sp³-hybridized carbons (Fsp3) is 0.588. The van der Waals surface area contributed by atoms with Crippen molar-refractivity contribution in [3.63, 3.8) is 0 Å². The molecule has 2 atom stereocenters. The van der Waals surface area contributed by atoms with Crippen LogP contribution in [0.15, 0.2) is 18.2 Å². The summed E-state index contributed by atoms with van der Waals surface area (Å²) in [6, 6.07) is 5.00. The SMILES string of the molecule is COC1CCC(Nc2ccc([N+](=O)[O-])c(C(=O)N3CCCC3)c2)C1. The van der Waals surface area contributed by atoms with E-state index in [4.69, 9.17) is 4.74 Å². The second-order valence-electron chi connectivity index (χ2n) is 6.50. The molecule has 1 aromatic rings. The van der Waals surface area contributed by atoms with Crippen molar-refractivity contribution < 1.29 is 14.5 Å². The van der Waals surface area contributed by atoms with Crippen LogP contribution in [0.5, 0.6) is 0 Å². The number of nitro groups is 1. The molecule has 2 unspecified atom stereocenters. The van der Waals surface area contributed by atoms with E-state index in [1.54, 1.807) is 24.1 Å². The molecular formula is C17H23N3O4. The maximum Gasteiger partial charge on any atom is 0.282 e. The van der Waals surface area contributed by atoms with Crippen LogP contribution in [0.3, 0.4) is 0 Å². The molecule has 1 aliphatic carbocycles. The first-order chi connectivity index (χ1) is 11.6. The molecule has 0 radical (unpaired) electrons. The first-order valence-electron chi connectivity index (χ1n) is 8.45. The Balaban J connectivity index is 1.80. The lowest BCUT2D eigenvalue weighted by molar-refractivity contribution is -0.385. The lowest BCUT2D eigenvalue weighted by Crippen LogP contribution is -2.28. The van der Waals surface area contributed by atoms with Gasteiger partial charge >= 0.3 is 0 Å². The predicted octanol–water partition coefficient (Wildman–Crippen LogP) is 2.81. The van der Waals surface area contributed by atoms with Crippen molar-refractivity contribution in [3.8, 4) is 0 Å². The number of hydrogen-bond donors (Lipinski definition) is 1. The third-order valence-corrected chi connectivity index (χ3v) is 4.91. The molecule has 1 aliphatic heterocycles. The van der Waals surface area contributed by atoms with Gasteiger partial charge in [-0.25, -0.2) is 0 Å². The number of methoxy groups -OCH3 is 1. The molecular weight excluding hydrogens is 310 g/mol. The van der Waals surface area contributed by atoms with E-state index in [1.165, 1.54) is 6.07 Å². The van der Waals surface area contributed by atoms with Gasteiger partial charge in [0.2, 0.25) is 0 Å². The van der Waals surface area contributed by atoms with Crippen molar-refractivity contribution in [2.75, 3.05) is 25.5 Å². The molecule has 7 heteroatoms. The number of benzene rings is 1. The summed E-state index contributed by atoms with van der Waals surface area (Å²) >= 11 is 0. The number of nitrogens with zero attached hydrogens (tertiary/aromatic N) is 2. The van der Waals surface area contributed by atoms with Crippen LogP contribution in [-0.2, 0) is 4.74 Å². The number of nitrogens with one attached hydrogen (secondary N) is 1. The molecule has 130 valence electrons. The molecule has 1 amide bonds. The van der Waals surface area contributed by atoms with Gasteiger partial charge in [0.15, 0.2) is 0 Å². The molecule has 2 fully saturated rings. The Morgan fingerprint density at radius 1 is 1.33 bits per heavy atom. The van der Waals surface area contributed by atoms with Crippen LogP contribution in [0.1, 0.15) is 42.5 Å². The Morgan fingerprint density at radius 3 is 2.71 bits per heavy atom. The quantitative estimate of drug-likeness (QED) is 0.661. The Bertz CT molecular complexity index is 628. The zero-order valence-electron chi connectivity index (χ0n) is 13.9. The van der Waals surface area contributed by atoms with Crippen LogP contribution in [-0.4, -0.2) is 48.1 Å². The van der Waals surface area contributed by atoms with Gasteiger partial charge in [0, 0.05) is 38.0 Å². The van der Waals surface area contributed by atoms with Gasteiger partial charge in [-0.2, -0.15) is 0 Å². The molecule has 0 aromatic heterocycles.